The van der Waals surface area contributed by atoms with Crippen LogP contribution in [0.3, 0.4) is 0 Å². The van der Waals surface area contributed by atoms with Crippen molar-refractivity contribution in [2.45, 2.75) is 13.0 Å². The van der Waals surface area contributed by atoms with Gasteiger partial charge in [-0.05, 0) is 55.0 Å². The number of pyridine rings is 1. The molecule has 1 heterocycles. The van der Waals surface area contributed by atoms with Gasteiger partial charge in [0, 0.05) is 18.0 Å². The molecule has 0 aliphatic rings. The Bertz CT molecular complexity index is 804. The highest BCUT2D eigenvalue weighted by Crippen LogP contribution is 2.22. The van der Waals surface area contributed by atoms with Gasteiger partial charge in [-0.2, -0.15) is 0 Å². The first-order valence-corrected chi connectivity index (χ1v) is 7.76. The molecule has 0 saturated heterocycles. The van der Waals surface area contributed by atoms with Crippen molar-refractivity contribution in [2.24, 2.45) is 0 Å². The van der Waals surface area contributed by atoms with E-state index in [4.69, 9.17) is 4.74 Å². The highest BCUT2D eigenvalue weighted by atomic mass is 16.5. The number of amides is 1. The van der Waals surface area contributed by atoms with Crippen LogP contribution < -0.4 is 10.1 Å². The third-order valence-electron chi connectivity index (χ3n) is 3.63. The van der Waals surface area contributed by atoms with Gasteiger partial charge in [0.15, 0.2) is 0 Å². The number of nitrogens with one attached hydrogen (secondary N) is 1. The zero-order valence-corrected chi connectivity index (χ0v) is 13.3. The van der Waals surface area contributed by atoms with Gasteiger partial charge in [0.1, 0.15) is 11.5 Å². The van der Waals surface area contributed by atoms with Crippen molar-refractivity contribution in [1.82, 2.24) is 10.3 Å². The van der Waals surface area contributed by atoms with Crippen LogP contribution in [0.4, 0.5) is 0 Å². The Kier molecular flexibility index (Phi) is 4.87. The molecule has 0 bridgehead atoms. The van der Waals surface area contributed by atoms with Crippen molar-refractivity contribution in [2.75, 3.05) is 0 Å². The fourth-order valence-electron chi connectivity index (χ4n) is 2.34. The van der Waals surface area contributed by atoms with Crippen LogP contribution in [-0.4, -0.2) is 10.9 Å². The van der Waals surface area contributed by atoms with Crippen LogP contribution >= 0.6 is 0 Å². The van der Waals surface area contributed by atoms with Crippen LogP contribution in [0.15, 0.2) is 79.1 Å². The normalized spacial score (nSPS) is 11.5. The quantitative estimate of drug-likeness (QED) is 0.760. The van der Waals surface area contributed by atoms with E-state index >= 15 is 0 Å². The van der Waals surface area contributed by atoms with Crippen LogP contribution in [0.2, 0.25) is 0 Å². The summed E-state index contributed by atoms with van der Waals surface area (Å²) in [6.45, 7) is 1.94. The molecule has 1 aromatic heterocycles. The molecule has 3 aromatic rings. The average molecular weight is 318 g/mol. The Labute approximate surface area is 141 Å². The Hall–Kier alpha value is -3.14. The van der Waals surface area contributed by atoms with Crippen molar-refractivity contribution < 1.29 is 9.53 Å². The highest BCUT2D eigenvalue weighted by Gasteiger charge is 2.12. The number of nitrogens with zero attached hydrogens (tertiary/aromatic N) is 1. The van der Waals surface area contributed by atoms with E-state index in [0.29, 0.717) is 11.3 Å². The van der Waals surface area contributed by atoms with Crippen molar-refractivity contribution in [3.63, 3.8) is 0 Å². The van der Waals surface area contributed by atoms with Gasteiger partial charge in [0.05, 0.1) is 6.04 Å². The second kappa shape index (κ2) is 7.42. The maximum Gasteiger partial charge on any atom is 0.251 e. The molecule has 4 nitrogen and oxygen atoms in total. The lowest BCUT2D eigenvalue weighted by molar-refractivity contribution is 0.0939. The highest BCUT2D eigenvalue weighted by molar-refractivity contribution is 5.94. The Morgan fingerprint density at radius 2 is 1.67 bits per heavy atom. The van der Waals surface area contributed by atoms with Gasteiger partial charge in [-0.15, -0.1) is 0 Å². The monoisotopic (exact) mass is 318 g/mol. The second-order valence-electron chi connectivity index (χ2n) is 5.42. The summed E-state index contributed by atoms with van der Waals surface area (Å²) in [5, 5.41) is 2.98. The van der Waals surface area contributed by atoms with Gasteiger partial charge in [-0.1, -0.05) is 24.3 Å². The lowest BCUT2D eigenvalue weighted by atomic mass is 10.1. The predicted molar refractivity (Wildman–Crippen MR) is 93.1 cm³/mol. The van der Waals surface area contributed by atoms with E-state index < -0.39 is 0 Å². The molecule has 1 N–H and O–H groups in total. The molecule has 0 spiro atoms. The van der Waals surface area contributed by atoms with Gasteiger partial charge in [-0.25, -0.2) is 0 Å². The largest absolute Gasteiger partial charge is 0.457 e. The summed E-state index contributed by atoms with van der Waals surface area (Å²) >= 11 is 0. The molecule has 0 saturated carbocycles. The summed E-state index contributed by atoms with van der Waals surface area (Å²) in [4.78, 5) is 16.4. The lowest BCUT2D eigenvalue weighted by Crippen LogP contribution is -2.26. The molecule has 4 heteroatoms. The number of benzene rings is 2. The molecule has 24 heavy (non-hydrogen) atoms. The molecular weight excluding hydrogens is 300 g/mol. The number of hydrogen-bond donors (Lipinski definition) is 1. The third-order valence-corrected chi connectivity index (χ3v) is 3.63. The maximum absolute atomic E-state index is 12.5. The number of aromatic nitrogens is 1. The van der Waals surface area contributed by atoms with Crippen molar-refractivity contribution in [1.29, 1.82) is 0 Å². The summed E-state index contributed by atoms with van der Waals surface area (Å²) in [5.41, 5.74) is 1.57. The lowest BCUT2D eigenvalue weighted by Gasteiger charge is -2.14. The van der Waals surface area contributed by atoms with Gasteiger partial charge < -0.3 is 10.1 Å². The Morgan fingerprint density at radius 1 is 0.958 bits per heavy atom. The third kappa shape index (κ3) is 3.98. The topological polar surface area (TPSA) is 51.2 Å². The number of para-hydroxylation sites is 1. The summed E-state index contributed by atoms with van der Waals surface area (Å²) in [7, 11) is 0. The number of rotatable bonds is 5. The fourth-order valence-corrected chi connectivity index (χ4v) is 2.34. The minimum absolute atomic E-state index is 0.0980. The standard InChI is InChI=1S/C20H18N2O2/c1-15(16-10-12-21-13-11-16)22-20(23)17-6-5-9-19(14-17)24-18-7-3-2-4-8-18/h2-15H,1H3,(H,22,23). The minimum atomic E-state index is -0.141. The molecule has 1 amide bonds. The molecule has 0 aliphatic heterocycles. The first kappa shape index (κ1) is 15.7. The van der Waals surface area contributed by atoms with Gasteiger partial charge in [-0.3, -0.25) is 9.78 Å². The van der Waals surface area contributed by atoms with Crippen molar-refractivity contribution in [3.8, 4) is 11.5 Å². The molecule has 1 atom stereocenters. The van der Waals surface area contributed by atoms with Crippen molar-refractivity contribution >= 4 is 5.91 Å². The van der Waals surface area contributed by atoms with Crippen LogP contribution in [0.25, 0.3) is 0 Å². The number of carbonyl (C=O) groups is 1. The van der Waals surface area contributed by atoms with E-state index in [1.165, 1.54) is 0 Å². The smallest absolute Gasteiger partial charge is 0.251 e. The van der Waals surface area contributed by atoms with E-state index in [0.717, 1.165) is 11.3 Å². The molecule has 3 rings (SSSR count). The van der Waals surface area contributed by atoms with Gasteiger partial charge in [0.25, 0.3) is 5.91 Å². The minimum Gasteiger partial charge on any atom is -0.457 e. The van der Waals surface area contributed by atoms with Gasteiger partial charge in [0.2, 0.25) is 0 Å². The first-order valence-electron chi connectivity index (χ1n) is 7.76. The van der Waals surface area contributed by atoms with E-state index in [1.807, 2.05) is 61.5 Å². The molecule has 0 fully saturated rings. The molecule has 1 unspecified atom stereocenters. The van der Waals surface area contributed by atoms with Crippen LogP contribution in [0.1, 0.15) is 28.9 Å². The summed E-state index contributed by atoms with van der Waals surface area (Å²) < 4.78 is 5.77. The number of carbonyl (C=O) groups excluding carboxylic acids is 1. The predicted octanol–water partition coefficient (Wildman–Crippen LogP) is 4.36. The zero-order chi connectivity index (χ0) is 16.8. The molecular formula is C20H18N2O2. The Balaban J connectivity index is 1.70. The van der Waals surface area contributed by atoms with E-state index in [9.17, 15) is 4.79 Å². The maximum atomic E-state index is 12.5. The zero-order valence-electron chi connectivity index (χ0n) is 13.3. The van der Waals surface area contributed by atoms with Crippen molar-refractivity contribution in [3.05, 3.63) is 90.3 Å². The summed E-state index contributed by atoms with van der Waals surface area (Å²) in [5.74, 6) is 1.23. The van der Waals surface area contributed by atoms with E-state index in [-0.39, 0.29) is 11.9 Å². The average Bonchev–Trinajstić information content (AvgIpc) is 2.63. The Morgan fingerprint density at radius 3 is 2.42 bits per heavy atom. The molecule has 2 aromatic carbocycles. The molecule has 0 radical (unpaired) electrons. The number of ether oxygens (including phenoxy) is 1. The molecule has 120 valence electrons. The summed E-state index contributed by atoms with van der Waals surface area (Å²) in [6.07, 6.45) is 3.43. The number of hydrogen-bond acceptors (Lipinski definition) is 3. The second-order valence-corrected chi connectivity index (χ2v) is 5.42. The van der Waals surface area contributed by atoms with Crippen LogP contribution in [-0.2, 0) is 0 Å². The van der Waals surface area contributed by atoms with Crippen LogP contribution in [0.5, 0.6) is 11.5 Å². The fraction of sp³-hybridized carbons (Fsp3) is 0.100. The molecule has 0 aliphatic carbocycles. The first-order chi connectivity index (χ1) is 11.7. The SMILES string of the molecule is CC(NC(=O)c1cccc(Oc2ccccc2)c1)c1ccncc1. The van der Waals surface area contributed by atoms with E-state index in [2.05, 4.69) is 10.3 Å². The summed E-state index contributed by atoms with van der Waals surface area (Å²) in [6, 6.07) is 20.3. The van der Waals surface area contributed by atoms with E-state index in [1.54, 1.807) is 24.5 Å². The van der Waals surface area contributed by atoms with Crippen LogP contribution in [0, 0.1) is 0 Å². The van der Waals surface area contributed by atoms with Gasteiger partial charge >= 0.3 is 0 Å².